The van der Waals surface area contributed by atoms with E-state index < -0.39 is 6.10 Å². The largest absolute Gasteiger partial charge is 0.462 e. The molecule has 0 aromatic heterocycles. The lowest BCUT2D eigenvalue weighted by molar-refractivity contribution is -0.163. The van der Waals surface area contributed by atoms with Crippen LogP contribution in [0.2, 0.25) is 0 Å². The molecule has 0 N–H and O–H groups in total. The van der Waals surface area contributed by atoms with Crippen LogP contribution in [0.1, 0.15) is 265 Å². The minimum atomic E-state index is -0.539. The van der Waals surface area contributed by atoms with E-state index >= 15 is 0 Å². The first kappa shape index (κ1) is 59.6. The minimum absolute atomic E-state index is 0.0803. The van der Waals surface area contributed by atoms with Crippen LogP contribution in [0.4, 0.5) is 0 Å². The molecule has 1 unspecified atom stereocenters. The van der Waals surface area contributed by atoms with Crippen LogP contribution in [0.15, 0.2) is 60.8 Å². The Morgan fingerprint density at radius 3 is 1.19 bits per heavy atom. The molecule has 0 aliphatic rings. The van der Waals surface area contributed by atoms with Gasteiger partial charge in [-0.25, -0.2) is 0 Å². The number of carbonyl (C=O) groups excluding carboxylic acids is 2. The molecular weight excluding hydrogens is 765 g/mol. The van der Waals surface area contributed by atoms with Crippen LogP contribution in [0, 0.1) is 0 Å². The van der Waals surface area contributed by atoms with Crippen molar-refractivity contribution < 1.29 is 23.8 Å². The normalized spacial score (nSPS) is 12.6. The summed E-state index contributed by atoms with van der Waals surface area (Å²) in [4.78, 5) is 25.3. The number of esters is 2. The van der Waals surface area contributed by atoms with E-state index in [1.807, 2.05) is 0 Å². The highest BCUT2D eigenvalue weighted by Gasteiger charge is 2.17. The van der Waals surface area contributed by atoms with Crippen molar-refractivity contribution in [1.29, 1.82) is 0 Å². The first-order valence-electron chi connectivity index (χ1n) is 26.8. The zero-order valence-electron chi connectivity index (χ0n) is 41.4. The monoisotopic (exact) mass is 867 g/mol. The van der Waals surface area contributed by atoms with Gasteiger partial charge in [0.2, 0.25) is 0 Å². The molecule has 0 rings (SSSR count). The Morgan fingerprint density at radius 1 is 0.371 bits per heavy atom. The summed E-state index contributed by atoms with van der Waals surface area (Å²) in [6.45, 7) is 7.69. The van der Waals surface area contributed by atoms with Gasteiger partial charge in [0.25, 0.3) is 0 Å². The fraction of sp³-hybridized carbons (Fsp3) is 0.789. The van der Waals surface area contributed by atoms with Gasteiger partial charge in [0, 0.05) is 19.4 Å². The van der Waals surface area contributed by atoms with Crippen molar-refractivity contribution in [3.05, 3.63) is 60.8 Å². The third-order valence-corrected chi connectivity index (χ3v) is 11.5. The van der Waals surface area contributed by atoms with E-state index in [0.717, 1.165) is 77.0 Å². The van der Waals surface area contributed by atoms with Crippen LogP contribution in [-0.4, -0.2) is 37.9 Å². The van der Waals surface area contributed by atoms with Gasteiger partial charge in [-0.15, -0.1) is 0 Å². The van der Waals surface area contributed by atoms with Crippen LogP contribution in [0.3, 0.4) is 0 Å². The van der Waals surface area contributed by atoms with Crippen LogP contribution >= 0.6 is 0 Å². The summed E-state index contributed by atoms with van der Waals surface area (Å²) in [7, 11) is 0. The zero-order chi connectivity index (χ0) is 44.9. The first-order chi connectivity index (χ1) is 30.6. The number of hydrogen-bond donors (Lipinski definition) is 0. The van der Waals surface area contributed by atoms with Crippen LogP contribution in [0.25, 0.3) is 0 Å². The van der Waals surface area contributed by atoms with Crippen LogP contribution < -0.4 is 0 Å². The minimum Gasteiger partial charge on any atom is -0.462 e. The molecule has 0 aliphatic carbocycles. The Kier molecular flexibility index (Phi) is 50.9. The second kappa shape index (κ2) is 52.9. The Balaban J connectivity index is 4.16. The fourth-order valence-corrected chi connectivity index (χ4v) is 7.56. The van der Waals surface area contributed by atoms with Gasteiger partial charge >= 0.3 is 11.9 Å². The van der Waals surface area contributed by atoms with Crippen molar-refractivity contribution in [3.63, 3.8) is 0 Å². The molecule has 62 heavy (non-hydrogen) atoms. The average molecular weight is 867 g/mol. The average Bonchev–Trinajstić information content (AvgIpc) is 3.27. The smallest absolute Gasteiger partial charge is 0.306 e. The maximum absolute atomic E-state index is 12.7. The molecule has 0 heterocycles. The molecule has 0 bridgehead atoms. The van der Waals surface area contributed by atoms with Crippen molar-refractivity contribution in [3.8, 4) is 0 Å². The quantitative estimate of drug-likeness (QED) is 0.0346. The summed E-state index contributed by atoms with van der Waals surface area (Å²) in [5.74, 6) is -0.404. The molecule has 0 aliphatic heterocycles. The molecule has 1 atom stereocenters. The number of allylic oxidation sites excluding steroid dienone is 10. The third kappa shape index (κ3) is 50.2. The number of rotatable bonds is 49. The number of carbonyl (C=O) groups is 2. The molecule has 0 radical (unpaired) electrons. The van der Waals surface area contributed by atoms with E-state index in [-0.39, 0.29) is 25.2 Å². The van der Waals surface area contributed by atoms with Crippen molar-refractivity contribution >= 4 is 11.9 Å². The molecule has 5 heteroatoms. The summed E-state index contributed by atoms with van der Waals surface area (Å²) in [6, 6.07) is 0. The van der Waals surface area contributed by atoms with Gasteiger partial charge < -0.3 is 14.2 Å². The Bertz CT molecular complexity index is 1070. The molecule has 0 saturated carbocycles. The lowest BCUT2D eigenvalue weighted by atomic mass is 10.1. The molecule has 360 valence electrons. The van der Waals surface area contributed by atoms with Gasteiger partial charge in [0.15, 0.2) is 6.10 Å². The Labute approximate surface area is 385 Å². The Hall–Kier alpha value is -2.40. The molecule has 0 aromatic carbocycles. The zero-order valence-corrected chi connectivity index (χ0v) is 41.4. The van der Waals surface area contributed by atoms with Crippen molar-refractivity contribution in [1.82, 2.24) is 0 Å². The van der Waals surface area contributed by atoms with E-state index in [0.29, 0.717) is 19.4 Å². The standard InChI is InChI=1S/C57H102O5/c1-4-7-10-13-16-19-21-23-25-27-28-29-31-33-35-37-40-43-46-49-52-60-53-55(62-57(59)51-48-45-42-38-18-15-12-9-6-3)54-61-56(58)50-47-44-41-39-36-34-32-30-26-24-22-20-17-14-11-8-5-2/h8,11,16-17,19-20,23-26,55H,4-7,9-10,12-15,18,21-22,27-54H2,1-3H3/b11-8-,19-16-,20-17-,25-23-,26-24-. The summed E-state index contributed by atoms with van der Waals surface area (Å²) in [5.41, 5.74) is 0. The summed E-state index contributed by atoms with van der Waals surface area (Å²) < 4.78 is 17.4. The second-order valence-electron chi connectivity index (χ2n) is 17.8. The van der Waals surface area contributed by atoms with E-state index in [2.05, 4.69) is 81.5 Å². The SMILES string of the molecule is CC/C=C\C/C=C\C/C=C\CCCCCCCCCC(=O)OCC(COCCCCCCCCCCCC/C=C\C/C=C\CCCCC)OC(=O)CCCCCCCCCCC. The molecule has 0 spiro atoms. The Morgan fingerprint density at radius 2 is 0.726 bits per heavy atom. The van der Waals surface area contributed by atoms with Crippen molar-refractivity contribution in [2.24, 2.45) is 0 Å². The molecule has 5 nitrogen and oxygen atoms in total. The molecule has 0 amide bonds. The number of hydrogen-bond acceptors (Lipinski definition) is 5. The highest BCUT2D eigenvalue weighted by atomic mass is 16.6. The fourth-order valence-electron chi connectivity index (χ4n) is 7.56. The van der Waals surface area contributed by atoms with Crippen molar-refractivity contribution in [2.45, 2.75) is 271 Å². The van der Waals surface area contributed by atoms with E-state index in [9.17, 15) is 9.59 Å². The molecule has 0 fully saturated rings. The van der Waals surface area contributed by atoms with E-state index in [1.54, 1.807) is 0 Å². The van der Waals surface area contributed by atoms with Gasteiger partial charge in [-0.1, -0.05) is 229 Å². The van der Waals surface area contributed by atoms with Gasteiger partial charge in [0.1, 0.15) is 6.61 Å². The molecular formula is C57H102O5. The lowest BCUT2D eigenvalue weighted by Gasteiger charge is -2.18. The maximum Gasteiger partial charge on any atom is 0.306 e. The molecule has 0 saturated heterocycles. The topological polar surface area (TPSA) is 61.8 Å². The summed E-state index contributed by atoms with van der Waals surface area (Å²) in [6.07, 6.45) is 66.6. The maximum atomic E-state index is 12.7. The second-order valence-corrected chi connectivity index (χ2v) is 17.8. The van der Waals surface area contributed by atoms with Crippen LogP contribution in [-0.2, 0) is 23.8 Å². The third-order valence-electron chi connectivity index (χ3n) is 11.5. The summed E-state index contributed by atoms with van der Waals surface area (Å²) in [5, 5.41) is 0. The van der Waals surface area contributed by atoms with E-state index in [1.165, 1.54) is 154 Å². The summed E-state index contributed by atoms with van der Waals surface area (Å²) >= 11 is 0. The van der Waals surface area contributed by atoms with Gasteiger partial charge in [-0.3, -0.25) is 9.59 Å². The highest BCUT2D eigenvalue weighted by molar-refractivity contribution is 5.70. The number of ether oxygens (including phenoxy) is 3. The van der Waals surface area contributed by atoms with Crippen LogP contribution in [0.5, 0.6) is 0 Å². The van der Waals surface area contributed by atoms with Gasteiger partial charge in [-0.2, -0.15) is 0 Å². The lowest BCUT2D eigenvalue weighted by Crippen LogP contribution is -2.30. The predicted octanol–water partition coefficient (Wildman–Crippen LogP) is 18.1. The van der Waals surface area contributed by atoms with Gasteiger partial charge in [0.05, 0.1) is 6.61 Å². The van der Waals surface area contributed by atoms with Crippen molar-refractivity contribution in [2.75, 3.05) is 19.8 Å². The van der Waals surface area contributed by atoms with E-state index in [4.69, 9.17) is 14.2 Å². The molecule has 0 aromatic rings. The predicted molar refractivity (Wildman–Crippen MR) is 270 cm³/mol. The van der Waals surface area contributed by atoms with Gasteiger partial charge in [-0.05, 0) is 83.5 Å². The number of unbranched alkanes of at least 4 members (excludes halogenated alkanes) is 28. The first-order valence-corrected chi connectivity index (χ1v) is 26.8. The highest BCUT2D eigenvalue weighted by Crippen LogP contribution is 2.15.